The first-order chi connectivity index (χ1) is 7.75. The second-order valence-electron chi connectivity index (χ2n) is 4.46. The van der Waals surface area contributed by atoms with Crippen molar-refractivity contribution in [2.45, 2.75) is 31.6 Å². The molecule has 0 radical (unpaired) electrons. The van der Waals surface area contributed by atoms with E-state index in [-0.39, 0.29) is 5.56 Å². The van der Waals surface area contributed by atoms with E-state index in [0.717, 1.165) is 18.7 Å². The van der Waals surface area contributed by atoms with Crippen LogP contribution in [0.1, 0.15) is 37.4 Å². The number of imidazole rings is 1. The van der Waals surface area contributed by atoms with Crippen LogP contribution in [0.15, 0.2) is 11.1 Å². The molecule has 0 saturated heterocycles. The minimum absolute atomic E-state index is 0.118. The van der Waals surface area contributed by atoms with Gasteiger partial charge in [-0.1, -0.05) is 12.8 Å². The number of aryl methyl sites for hydroxylation is 1. The summed E-state index contributed by atoms with van der Waals surface area (Å²) >= 11 is 0. The first kappa shape index (κ1) is 9.57. The van der Waals surface area contributed by atoms with E-state index in [4.69, 9.17) is 0 Å². The molecule has 0 amide bonds. The van der Waals surface area contributed by atoms with Crippen LogP contribution in [-0.2, 0) is 7.05 Å². The summed E-state index contributed by atoms with van der Waals surface area (Å²) in [4.78, 5) is 23.2. The molecule has 0 atom stereocenters. The van der Waals surface area contributed by atoms with Crippen molar-refractivity contribution in [3.05, 3.63) is 22.5 Å². The number of aromatic nitrogens is 4. The summed E-state index contributed by atoms with van der Waals surface area (Å²) in [7, 11) is 1.86. The summed E-state index contributed by atoms with van der Waals surface area (Å²) in [6.07, 6.45) is 6.36. The van der Waals surface area contributed by atoms with Crippen molar-refractivity contribution in [2.75, 3.05) is 0 Å². The lowest BCUT2D eigenvalue weighted by Crippen LogP contribution is -2.14. The lowest BCUT2D eigenvalue weighted by atomic mass is 10.1. The maximum Gasteiger partial charge on any atom is 0.279 e. The molecule has 2 heterocycles. The van der Waals surface area contributed by atoms with Crippen molar-refractivity contribution < 1.29 is 0 Å². The molecule has 1 aliphatic carbocycles. The summed E-state index contributed by atoms with van der Waals surface area (Å²) in [5, 5.41) is 0. The standard InChI is InChI=1S/C11H14N4O/c1-15-6-12-8-10(15)13-9(14-11(8)16)7-4-2-3-5-7/h6-7H,2-5H2,1H3,(H,13,14,16). The van der Waals surface area contributed by atoms with Crippen LogP contribution in [0.3, 0.4) is 0 Å². The smallest absolute Gasteiger partial charge is 0.279 e. The van der Waals surface area contributed by atoms with E-state index in [1.807, 2.05) is 7.05 Å². The zero-order chi connectivity index (χ0) is 11.1. The van der Waals surface area contributed by atoms with Gasteiger partial charge in [0.15, 0.2) is 11.2 Å². The zero-order valence-electron chi connectivity index (χ0n) is 9.23. The van der Waals surface area contributed by atoms with Crippen molar-refractivity contribution in [3.63, 3.8) is 0 Å². The predicted octanol–water partition coefficient (Wildman–Crippen LogP) is 1.31. The van der Waals surface area contributed by atoms with Crippen molar-refractivity contribution >= 4 is 11.2 Å². The molecule has 2 aromatic heterocycles. The predicted molar refractivity (Wildman–Crippen MR) is 60.3 cm³/mol. The van der Waals surface area contributed by atoms with E-state index in [2.05, 4.69) is 15.0 Å². The van der Waals surface area contributed by atoms with E-state index >= 15 is 0 Å². The van der Waals surface area contributed by atoms with Gasteiger partial charge < -0.3 is 9.55 Å². The lowest BCUT2D eigenvalue weighted by Gasteiger charge is -2.07. The van der Waals surface area contributed by atoms with Crippen LogP contribution in [0.5, 0.6) is 0 Å². The second-order valence-corrected chi connectivity index (χ2v) is 4.46. The number of hydrogen-bond acceptors (Lipinski definition) is 3. The molecule has 1 aliphatic rings. The molecule has 0 bridgehead atoms. The molecule has 5 heteroatoms. The van der Waals surface area contributed by atoms with Gasteiger partial charge in [0.1, 0.15) is 5.82 Å². The number of aromatic amines is 1. The second kappa shape index (κ2) is 3.43. The molecule has 5 nitrogen and oxygen atoms in total. The van der Waals surface area contributed by atoms with E-state index < -0.39 is 0 Å². The Balaban J connectivity index is 2.19. The molecule has 1 saturated carbocycles. The summed E-state index contributed by atoms with van der Waals surface area (Å²) in [5.41, 5.74) is 1.00. The van der Waals surface area contributed by atoms with Crippen LogP contribution in [0, 0.1) is 0 Å². The van der Waals surface area contributed by atoms with Crippen LogP contribution in [0.25, 0.3) is 11.2 Å². The van der Waals surface area contributed by atoms with Gasteiger partial charge in [-0.3, -0.25) is 4.79 Å². The molecule has 0 spiro atoms. The maximum atomic E-state index is 11.8. The van der Waals surface area contributed by atoms with Gasteiger partial charge in [0, 0.05) is 13.0 Å². The Morgan fingerprint density at radius 2 is 2.19 bits per heavy atom. The van der Waals surface area contributed by atoms with Gasteiger partial charge in [-0.2, -0.15) is 0 Å². The zero-order valence-corrected chi connectivity index (χ0v) is 9.23. The molecule has 1 N–H and O–H groups in total. The monoisotopic (exact) mass is 218 g/mol. The first-order valence-corrected chi connectivity index (χ1v) is 5.67. The van der Waals surface area contributed by atoms with Crippen LogP contribution in [-0.4, -0.2) is 19.5 Å². The highest BCUT2D eigenvalue weighted by atomic mass is 16.1. The van der Waals surface area contributed by atoms with Gasteiger partial charge >= 0.3 is 0 Å². The van der Waals surface area contributed by atoms with Gasteiger partial charge in [0.25, 0.3) is 5.56 Å². The van der Waals surface area contributed by atoms with Crippen LogP contribution < -0.4 is 5.56 Å². The minimum Gasteiger partial charge on any atom is -0.318 e. The third-order valence-electron chi connectivity index (χ3n) is 3.33. The Morgan fingerprint density at radius 3 is 2.94 bits per heavy atom. The fourth-order valence-corrected chi connectivity index (χ4v) is 2.43. The van der Waals surface area contributed by atoms with Gasteiger partial charge in [0.05, 0.1) is 6.33 Å². The largest absolute Gasteiger partial charge is 0.318 e. The van der Waals surface area contributed by atoms with E-state index in [9.17, 15) is 4.79 Å². The fraction of sp³-hybridized carbons (Fsp3) is 0.545. The normalized spacial score (nSPS) is 17.3. The van der Waals surface area contributed by atoms with Crippen LogP contribution in [0.4, 0.5) is 0 Å². The number of nitrogens with zero attached hydrogens (tertiary/aromatic N) is 3. The summed E-state index contributed by atoms with van der Waals surface area (Å²) in [5.74, 6) is 1.26. The maximum absolute atomic E-state index is 11.8. The van der Waals surface area contributed by atoms with Gasteiger partial charge in [0.2, 0.25) is 0 Å². The number of fused-ring (bicyclic) bond motifs is 1. The Hall–Kier alpha value is -1.65. The molecule has 0 aromatic carbocycles. The van der Waals surface area contributed by atoms with Gasteiger partial charge in [-0.05, 0) is 12.8 Å². The highest BCUT2D eigenvalue weighted by Crippen LogP contribution is 2.31. The van der Waals surface area contributed by atoms with E-state index in [1.165, 1.54) is 12.8 Å². The number of hydrogen-bond donors (Lipinski definition) is 1. The average Bonchev–Trinajstić information content (AvgIpc) is 2.88. The van der Waals surface area contributed by atoms with Gasteiger partial charge in [-0.25, -0.2) is 9.97 Å². The molecule has 2 aromatic rings. The molecule has 0 aliphatic heterocycles. The van der Waals surface area contributed by atoms with Crippen LogP contribution in [0.2, 0.25) is 0 Å². The Bertz CT molecular complexity index is 577. The van der Waals surface area contributed by atoms with Crippen molar-refractivity contribution in [3.8, 4) is 0 Å². The number of rotatable bonds is 1. The third kappa shape index (κ3) is 1.35. The van der Waals surface area contributed by atoms with E-state index in [0.29, 0.717) is 17.1 Å². The van der Waals surface area contributed by atoms with Crippen molar-refractivity contribution in [1.29, 1.82) is 0 Å². The molecule has 1 fully saturated rings. The summed E-state index contributed by atoms with van der Waals surface area (Å²) in [6.45, 7) is 0. The Morgan fingerprint density at radius 1 is 1.44 bits per heavy atom. The molecule has 3 rings (SSSR count). The highest BCUT2D eigenvalue weighted by Gasteiger charge is 2.20. The van der Waals surface area contributed by atoms with Crippen molar-refractivity contribution in [1.82, 2.24) is 19.5 Å². The number of H-pyrrole nitrogens is 1. The average molecular weight is 218 g/mol. The summed E-state index contributed by atoms with van der Waals surface area (Å²) in [6, 6.07) is 0. The fourth-order valence-electron chi connectivity index (χ4n) is 2.43. The SMILES string of the molecule is Cn1cnc2c(=O)[nH]c(C3CCCC3)nc21. The Labute approximate surface area is 92.5 Å². The Kier molecular flexibility index (Phi) is 2.05. The molecule has 0 unspecified atom stereocenters. The molecular formula is C11H14N4O. The topological polar surface area (TPSA) is 63.6 Å². The lowest BCUT2D eigenvalue weighted by molar-refractivity contribution is 0.666. The number of nitrogens with one attached hydrogen (secondary N) is 1. The molecule has 84 valence electrons. The quantitative estimate of drug-likeness (QED) is 0.785. The summed E-state index contributed by atoms with van der Waals surface area (Å²) < 4.78 is 1.79. The van der Waals surface area contributed by atoms with E-state index in [1.54, 1.807) is 10.9 Å². The molecular weight excluding hydrogens is 204 g/mol. The van der Waals surface area contributed by atoms with Crippen LogP contribution >= 0.6 is 0 Å². The highest BCUT2D eigenvalue weighted by molar-refractivity contribution is 5.69. The van der Waals surface area contributed by atoms with Crippen molar-refractivity contribution in [2.24, 2.45) is 7.05 Å². The first-order valence-electron chi connectivity index (χ1n) is 5.67. The third-order valence-corrected chi connectivity index (χ3v) is 3.33. The minimum atomic E-state index is -0.118. The molecule has 16 heavy (non-hydrogen) atoms. The van der Waals surface area contributed by atoms with Gasteiger partial charge in [-0.15, -0.1) is 0 Å².